The highest BCUT2D eigenvalue weighted by Gasteiger charge is 2.41. The molecule has 1 heterocycles. The highest BCUT2D eigenvalue weighted by molar-refractivity contribution is 5.70. The van der Waals surface area contributed by atoms with E-state index >= 15 is 0 Å². The summed E-state index contributed by atoms with van der Waals surface area (Å²) in [6.07, 6.45) is 0. The second kappa shape index (κ2) is 18.9. The van der Waals surface area contributed by atoms with E-state index in [0.29, 0.717) is 0 Å². The molecule has 0 amide bonds. The number of carbonyl (C=O) groups is 4. The molecule has 2 aromatic rings. The van der Waals surface area contributed by atoms with Gasteiger partial charge in [-0.1, -0.05) is 60.7 Å². The van der Waals surface area contributed by atoms with Crippen molar-refractivity contribution in [1.29, 1.82) is 0 Å². The molecule has 14 heteroatoms. The van der Waals surface area contributed by atoms with Crippen LogP contribution in [0.4, 0.5) is 0 Å². The van der Waals surface area contributed by atoms with Crippen molar-refractivity contribution in [3.05, 3.63) is 71.8 Å². The molecule has 1 aliphatic rings. The minimum absolute atomic E-state index is 0.0238. The summed E-state index contributed by atoms with van der Waals surface area (Å²) in [6, 6.07) is 18.8. The van der Waals surface area contributed by atoms with Crippen LogP contribution in [0.25, 0.3) is 0 Å². The van der Waals surface area contributed by atoms with Gasteiger partial charge in [-0.15, -0.1) is 0 Å². The van der Waals surface area contributed by atoms with Crippen molar-refractivity contribution in [3.8, 4) is 0 Å². The summed E-state index contributed by atoms with van der Waals surface area (Å²) < 4.78 is 12.5. The van der Waals surface area contributed by atoms with Crippen LogP contribution >= 0.6 is 0 Å². The van der Waals surface area contributed by atoms with E-state index in [0.717, 1.165) is 11.1 Å². The lowest BCUT2D eigenvalue weighted by Gasteiger charge is -2.46. The van der Waals surface area contributed by atoms with Crippen LogP contribution in [0.3, 0.4) is 0 Å². The Morgan fingerprint density at radius 1 is 0.543 bits per heavy atom. The van der Waals surface area contributed by atoms with Crippen LogP contribution in [0, 0.1) is 0 Å². The number of ether oxygens (including phenoxy) is 2. The van der Waals surface area contributed by atoms with Gasteiger partial charge in [0.25, 0.3) is 0 Å². The Morgan fingerprint density at radius 3 is 1.33 bits per heavy atom. The normalized spacial score (nSPS) is 17.5. The first-order valence-electron chi connectivity index (χ1n) is 15.1. The molecule has 1 saturated heterocycles. The first kappa shape index (κ1) is 36.5. The van der Waals surface area contributed by atoms with Crippen LogP contribution in [0.15, 0.2) is 60.7 Å². The molecule has 14 nitrogen and oxygen atoms in total. The zero-order valence-corrected chi connectivity index (χ0v) is 25.9. The van der Waals surface area contributed by atoms with Gasteiger partial charge in [0.05, 0.1) is 58.1 Å². The molecule has 252 valence electrons. The molecule has 0 saturated carbocycles. The lowest BCUT2D eigenvalue weighted by atomic mass is 9.96. The smallest absolute Gasteiger partial charge is 0.317 e. The van der Waals surface area contributed by atoms with Gasteiger partial charge in [0.1, 0.15) is 0 Å². The van der Waals surface area contributed by atoms with E-state index < -0.39 is 36.0 Å². The van der Waals surface area contributed by atoms with Gasteiger partial charge in [-0.05, 0) is 11.1 Å². The van der Waals surface area contributed by atoms with Crippen molar-refractivity contribution in [2.24, 2.45) is 0 Å². The number of carboxylic acid groups (broad SMARTS) is 4. The average molecular weight is 645 g/mol. The van der Waals surface area contributed by atoms with E-state index in [4.69, 9.17) is 9.47 Å². The Labute approximate surface area is 268 Å². The number of hydrogen-bond acceptors (Lipinski definition) is 10. The molecule has 0 aromatic heterocycles. The Morgan fingerprint density at radius 2 is 0.913 bits per heavy atom. The van der Waals surface area contributed by atoms with Crippen LogP contribution in [0.5, 0.6) is 0 Å². The zero-order valence-electron chi connectivity index (χ0n) is 25.9. The number of nitrogens with zero attached hydrogens (tertiary/aromatic N) is 4. The van der Waals surface area contributed by atoms with Crippen LogP contribution in [0.1, 0.15) is 11.1 Å². The molecule has 4 N–H and O–H groups in total. The van der Waals surface area contributed by atoms with Crippen molar-refractivity contribution < 1.29 is 49.1 Å². The van der Waals surface area contributed by atoms with Crippen molar-refractivity contribution in [3.63, 3.8) is 0 Å². The third-order valence-corrected chi connectivity index (χ3v) is 7.71. The van der Waals surface area contributed by atoms with Gasteiger partial charge in [-0.2, -0.15) is 0 Å². The zero-order chi connectivity index (χ0) is 33.4. The van der Waals surface area contributed by atoms with Crippen LogP contribution in [0.2, 0.25) is 0 Å². The van der Waals surface area contributed by atoms with Gasteiger partial charge in [0.15, 0.2) is 0 Å². The number of carboxylic acids is 4. The minimum Gasteiger partial charge on any atom is -0.480 e. The quantitative estimate of drug-likeness (QED) is 0.201. The lowest BCUT2D eigenvalue weighted by molar-refractivity contribution is -0.148. The van der Waals surface area contributed by atoms with E-state index in [1.165, 1.54) is 0 Å². The molecule has 0 aliphatic carbocycles. The summed E-state index contributed by atoms with van der Waals surface area (Å²) >= 11 is 0. The number of rotatable bonds is 16. The molecular weight excluding hydrogens is 600 g/mol. The van der Waals surface area contributed by atoms with E-state index in [-0.39, 0.29) is 91.9 Å². The standard InChI is InChI=1S/C32H44N4O10/c37-28(38)17-33-11-12-34(18-29(39)40)15-16-36(20-31(43)44)32(23-35(14-13-33)19-30(41)42,24-45-21-26-7-3-1-4-8-26)25-46-22-27-9-5-2-6-10-27/h1-10H,11-25H2,(H,37,38)(H,39,40)(H,41,42)(H,43,44). The van der Waals surface area contributed by atoms with Crippen LogP contribution in [-0.2, 0) is 41.9 Å². The van der Waals surface area contributed by atoms with Crippen molar-refractivity contribution in [2.45, 2.75) is 18.8 Å². The highest BCUT2D eigenvalue weighted by Crippen LogP contribution is 2.22. The van der Waals surface area contributed by atoms with Crippen LogP contribution < -0.4 is 0 Å². The first-order chi connectivity index (χ1) is 22.0. The Bertz CT molecular complexity index is 1200. The maximum Gasteiger partial charge on any atom is 0.317 e. The van der Waals surface area contributed by atoms with Gasteiger partial charge in [-0.25, -0.2) is 0 Å². The van der Waals surface area contributed by atoms with E-state index in [2.05, 4.69) is 0 Å². The molecule has 0 unspecified atom stereocenters. The van der Waals surface area contributed by atoms with Gasteiger partial charge < -0.3 is 29.9 Å². The van der Waals surface area contributed by atoms with Gasteiger partial charge in [-0.3, -0.25) is 38.8 Å². The Balaban J connectivity index is 2.03. The molecule has 0 atom stereocenters. The third kappa shape index (κ3) is 13.2. The van der Waals surface area contributed by atoms with Crippen molar-refractivity contribution in [2.75, 3.05) is 85.2 Å². The second-order valence-corrected chi connectivity index (χ2v) is 11.4. The lowest BCUT2D eigenvalue weighted by Crippen LogP contribution is -2.64. The predicted molar refractivity (Wildman–Crippen MR) is 166 cm³/mol. The fraction of sp³-hybridized carbons (Fsp3) is 0.500. The first-order valence-corrected chi connectivity index (χ1v) is 15.1. The molecule has 1 fully saturated rings. The van der Waals surface area contributed by atoms with Gasteiger partial charge in [0, 0.05) is 45.8 Å². The Kier molecular flexibility index (Phi) is 15.0. The third-order valence-electron chi connectivity index (χ3n) is 7.71. The number of hydrogen-bond donors (Lipinski definition) is 4. The molecule has 2 aromatic carbocycles. The average Bonchev–Trinajstić information content (AvgIpc) is 2.99. The molecule has 1 aliphatic heterocycles. The summed E-state index contributed by atoms with van der Waals surface area (Å²) in [5.41, 5.74) is 0.587. The second-order valence-electron chi connectivity index (χ2n) is 11.4. The summed E-state index contributed by atoms with van der Waals surface area (Å²) in [6.45, 7) is -0.0452. The maximum atomic E-state index is 12.3. The summed E-state index contributed by atoms with van der Waals surface area (Å²) in [7, 11) is 0. The van der Waals surface area contributed by atoms with E-state index in [1.54, 1.807) is 19.6 Å². The molecule has 3 rings (SSSR count). The van der Waals surface area contributed by atoms with E-state index in [9.17, 15) is 39.6 Å². The number of aliphatic carboxylic acids is 4. The SMILES string of the molecule is O=C(O)CN1CCN(CC(=O)O)CCN(CC(=O)O)C(COCc2ccccc2)(COCc2ccccc2)CN(CC(=O)O)CC1. The monoisotopic (exact) mass is 644 g/mol. The minimum atomic E-state index is -1.19. The van der Waals surface area contributed by atoms with Crippen molar-refractivity contribution >= 4 is 23.9 Å². The summed E-state index contributed by atoms with van der Waals surface area (Å²) in [5, 5.41) is 39.0. The predicted octanol–water partition coefficient (Wildman–Crippen LogP) is 0.719. The largest absolute Gasteiger partial charge is 0.480 e. The molecular formula is C32H44N4O10. The van der Waals surface area contributed by atoms with Crippen LogP contribution in [-0.4, -0.2) is 155 Å². The fourth-order valence-corrected chi connectivity index (χ4v) is 5.50. The topological polar surface area (TPSA) is 181 Å². The number of benzene rings is 2. The molecule has 0 spiro atoms. The van der Waals surface area contributed by atoms with Crippen molar-refractivity contribution in [1.82, 2.24) is 19.6 Å². The van der Waals surface area contributed by atoms with Gasteiger partial charge >= 0.3 is 23.9 Å². The highest BCUT2D eigenvalue weighted by atomic mass is 16.5. The van der Waals surface area contributed by atoms with Gasteiger partial charge in [0.2, 0.25) is 0 Å². The summed E-state index contributed by atoms with van der Waals surface area (Å²) in [4.78, 5) is 54.3. The Hall–Kier alpha value is -3.92. The summed E-state index contributed by atoms with van der Waals surface area (Å²) in [5.74, 6) is -4.35. The molecule has 0 radical (unpaired) electrons. The van der Waals surface area contributed by atoms with E-state index in [1.807, 2.05) is 60.7 Å². The fourth-order valence-electron chi connectivity index (χ4n) is 5.50. The molecule has 46 heavy (non-hydrogen) atoms. The maximum absolute atomic E-state index is 12.3. The molecule has 0 bridgehead atoms.